The first-order valence-electron chi connectivity index (χ1n) is 7.38. The number of hydrogen-bond acceptors (Lipinski definition) is 5. The second kappa shape index (κ2) is 5.26. The van der Waals surface area contributed by atoms with Gasteiger partial charge in [-0.05, 0) is 48.6 Å². The average Bonchev–Trinajstić information content (AvgIpc) is 3.02. The van der Waals surface area contributed by atoms with Gasteiger partial charge < -0.3 is 10.1 Å². The second-order valence-electron chi connectivity index (χ2n) is 5.41. The highest BCUT2D eigenvalue weighted by Crippen LogP contribution is 2.28. The number of anilines is 2. The maximum Gasteiger partial charge on any atom is 0.215 e. The molecule has 1 N–H and O–H groups in total. The van der Waals surface area contributed by atoms with E-state index >= 15 is 0 Å². The molecule has 0 unspecified atom stereocenters. The molecule has 5 heteroatoms. The predicted octanol–water partition coefficient (Wildman–Crippen LogP) is 3.27. The monoisotopic (exact) mass is 292 g/mol. The molecular formula is C17H16N4O. The van der Waals surface area contributed by atoms with Crippen molar-refractivity contribution in [3.05, 3.63) is 47.8 Å². The van der Waals surface area contributed by atoms with Crippen molar-refractivity contribution in [3.8, 4) is 5.88 Å². The molecule has 0 saturated heterocycles. The van der Waals surface area contributed by atoms with E-state index in [0.29, 0.717) is 11.5 Å². The summed E-state index contributed by atoms with van der Waals surface area (Å²) in [6.07, 6.45) is 5.12. The lowest BCUT2D eigenvalue weighted by molar-refractivity contribution is 0.399. The fraction of sp³-hybridized carbons (Fsp3) is 0.235. The number of benzene rings is 1. The summed E-state index contributed by atoms with van der Waals surface area (Å²) in [5.74, 6) is 1.31. The molecule has 5 nitrogen and oxygen atoms in total. The Morgan fingerprint density at radius 2 is 1.95 bits per heavy atom. The van der Waals surface area contributed by atoms with Crippen molar-refractivity contribution in [2.45, 2.75) is 19.3 Å². The summed E-state index contributed by atoms with van der Waals surface area (Å²) in [6, 6.07) is 10.3. The topological polar surface area (TPSA) is 59.9 Å². The molecule has 0 radical (unpaired) electrons. The zero-order valence-corrected chi connectivity index (χ0v) is 12.3. The Hall–Kier alpha value is -2.69. The van der Waals surface area contributed by atoms with E-state index < -0.39 is 0 Å². The van der Waals surface area contributed by atoms with E-state index in [-0.39, 0.29) is 0 Å². The zero-order valence-electron chi connectivity index (χ0n) is 12.3. The fourth-order valence-electron chi connectivity index (χ4n) is 2.92. The van der Waals surface area contributed by atoms with Gasteiger partial charge in [0, 0.05) is 11.8 Å². The van der Waals surface area contributed by atoms with Crippen molar-refractivity contribution in [2.24, 2.45) is 0 Å². The summed E-state index contributed by atoms with van der Waals surface area (Å²) in [5.41, 5.74) is 4.57. The third-order valence-electron chi connectivity index (χ3n) is 4.04. The largest absolute Gasteiger partial charge is 0.481 e. The van der Waals surface area contributed by atoms with Gasteiger partial charge in [-0.3, -0.25) is 0 Å². The van der Waals surface area contributed by atoms with E-state index in [1.807, 2.05) is 12.1 Å². The number of ether oxygens (including phenoxy) is 1. The number of aromatic nitrogens is 3. The Kier molecular flexibility index (Phi) is 3.11. The van der Waals surface area contributed by atoms with Gasteiger partial charge in [-0.15, -0.1) is 0 Å². The Morgan fingerprint density at radius 3 is 2.86 bits per heavy atom. The summed E-state index contributed by atoms with van der Waals surface area (Å²) < 4.78 is 5.14. The first-order valence-corrected chi connectivity index (χ1v) is 7.38. The van der Waals surface area contributed by atoms with Crippen LogP contribution >= 0.6 is 0 Å². The van der Waals surface area contributed by atoms with Crippen LogP contribution in [0, 0.1) is 0 Å². The highest BCUT2D eigenvalue weighted by Gasteiger charge is 2.12. The Morgan fingerprint density at radius 1 is 1.05 bits per heavy atom. The van der Waals surface area contributed by atoms with E-state index in [0.717, 1.165) is 23.3 Å². The van der Waals surface area contributed by atoms with Gasteiger partial charge in [-0.25, -0.2) is 9.97 Å². The lowest BCUT2D eigenvalue weighted by atomic mass is 10.1. The minimum atomic E-state index is 0.551. The van der Waals surface area contributed by atoms with Gasteiger partial charge in [0.05, 0.1) is 12.5 Å². The van der Waals surface area contributed by atoms with Crippen molar-refractivity contribution in [1.29, 1.82) is 0 Å². The van der Waals surface area contributed by atoms with Crippen LogP contribution in [0.5, 0.6) is 5.88 Å². The van der Waals surface area contributed by atoms with Crippen LogP contribution in [0.15, 0.2) is 36.7 Å². The number of pyridine rings is 1. The van der Waals surface area contributed by atoms with Crippen LogP contribution in [0.3, 0.4) is 0 Å². The van der Waals surface area contributed by atoms with Crippen LogP contribution < -0.4 is 10.1 Å². The third-order valence-corrected chi connectivity index (χ3v) is 4.04. The summed E-state index contributed by atoms with van der Waals surface area (Å²) in [7, 11) is 1.60. The molecule has 1 aliphatic rings. The molecule has 1 aliphatic carbocycles. The van der Waals surface area contributed by atoms with Crippen LogP contribution in [-0.2, 0) is 12.8 Å². The molecule has 0 amide bonds. The number of aryl methyl sites for hydroxylation is 2. The van der Waals surface area contributed by atoms with Gasteiger partial charge in [-0.1, -0.05) is 6.07 Å². The molecule has 0 saturated carbocycles. The quantitative estimate of drug-likeness (QED) is 0.803. The third kappa shape index (κ3) is 2.24. The summed E-state index contributed by atoms with van der Waals surface area (Å²) in [5, 5.41) is 4.26. The van der Waals surface area contributed by atoms with Crippen molar-refractivity contribution in [1.82, 2.24) is 15.0 Å². The highest BCUT2D eigenvalue weighted by molar-refractivity contribution is 5.88. The van der Waals surface area contributed by atoms with Crippen molar-refractivity contribution in [3.63, 3.8) is 0 Å². The van der Waals surface area contributed by atoms with Gasteiger partial charge in [0.1, 0.15) is 12.1 Å². The predicted molar refractivity (Wildman–Crippen MR) is 85.6 cm³/mol. The number of fused-ring (bicyclic) bond motifs is 2. The van der Waals surface area contributed by atoms with E-state index in [9.17, 15) is 0 Å². The first-order chi connectivity index (χ1) is 10.8. The molecule has 2 aromatic heterocycles. The first kappa shape index (κ1) is 13.0. The number of rotatable bonds is 3. The molecule has 1 aromatic carbocycles. The molecule has 110 valence electrons. The molecule has 22 heavy (non-hydrogen) atoms. The molecule has 0 aliphatic heterocycles. The summed E-state index contributed by atoms with van der Waals surface area (Å²) >= 11 is 0. The summed E-state index contributed by atoms with van der Waals surface area (Å²) in [6.45, 7) is 0. The summed E-state index contributed by atoms with van der Waals surface area (Å²) in [4.78, 5) is 12.9. The van der Waals surface area contributed by atoms with E-state index in [4.69, 9.17) is 4.74 Å². The molecule has 0 fully saturated rings. The Labute approximate surface area is 128 Å². The van der Waals surface area contributed by atoms with Crippen molar-refractivity contribution < 1.29 is 4.74 Å². The molecule has 0 spiro atoms. The number of nitrogens with zero attached hydrogens (tertiary/aromatic N) is 3. The van der Waals surface area contributed by atoms with Crippen molar-refractivity contribution in [2.75, 3.05) is 12.4 Å². The molecule has 2 heterocycles. The van der Waals surface area contributed by atoms with E-state index in [1.54, 1.807) is 7.11 Å². The van der Waals surface area contributed by atoms with E-state index in [2.05, 4.69) is 38.5 Å². The molecular weight excluding hydrogens is 276 g/mol. The van der Waals surface area contributed by atoms with Gasteiger partial charge in [0.25, 0.3) is 0 Å². The second-order valence-corrected chi connectivity index (χ2v) is 5.41. The lowest BCUT2D eigenvalue weighted by Crippen LogP contribution is -1.98. The average molecular weight is 292 g/mol. The smallest absolute Gasteiger partial charge is 0.215 e. The minimum absolute atomic E-state index is 0.551. The van der Waals surface area contributed by atoms with Crippen LogP contribution in [-0.4, -0.2) is 22.1 Å². The Bertz CT molecular complexity index is 847. The van der Waals surface area contributed by atoms with Crippen LogP contribution in [0.25, 0.3) is 11.0 Å². The molecule has 4 rings (SSSR count). The highest BCUT2D eigenvalue weighted by atomic mass is 16.5. The fourth-order valence-corrected chi connectivity index (χ4v) is 2.92. The number of nitrogens with one attached hydrogen (secondary N) is 1. The van der Waals surface area contributed by atoms with Gasteiger partial charge in [0.2, 0.25) is 5.88 Å². The molecule has 0 atom stereocenters. The van der Waals surface area contributed by atoms with Gasteiger partial charge >= 0.3 is 0 Å². The minimum Gasteiger partial charge on any atom is -0.481 e. The standard InChI is InChI=1S/C17H16N4O/c1-22-15-8-7-14-16(18-10-19-17(14)21-15)20-13-6-5-11-3-2-4-12(11)9-13/h5-10H,2-4H2,1H3,(H,18,19,20,21). The van der Waals surface area contributed by atoms with Crippen LogP contribution in [0.2, 0.25) is 0 Å². The normalized spacial score (nSPS) is 13.1. The van der Waals surface area contributed by atoms with Crippen molar-refractivity contribution >= 4 is 22.5 Å². The SMILES string of the molecule is COc1ccc2c(Nc3ccc4c(c3)CCC4)ncnc2n1. The van der Waals surface area contributed by atoms with Crippen LogP contribution in [0.1, 0.15) is 17.5 Å². The maximum absolute atomic E-state index is 5.14. The Balaban J connectivity index is 1.72. The maximum atomic E-state index is 5.14. The van der Waals surface area contributed by atoms with Crippen LogP contribution in [0.4, 0.5) is 11.5 Å². The molecule has 0 bridgehead atoms. The van der Waals surface area contributed by atoms with Gasteiger partial charge in [0.15, 0.2) is 5.65 Å². The molecule has 3 aromatic rings. The van der Waals surface area contributed by atoms with E-state index in [1.165, 1.54) is 30.3 Å². The number of hydrogen-bond donors (Lipinski definition) is 1. The van der Waals surface area contributed by atoms with Gasteiger partial charge in [-0.2, -0.15) is 4.98 Å². The zero-order chi connectivity index (χ0) is 14.9. The number of methoxy groups -OCH3 is 1. The lowest BCUT2D eigenvalue weighted by Gasteiger charge is -2.10.